The van der Waals surface area contributed by atoms with Crippen LogP contribution in [-0.2, 0) is 11.3 Å². The van der Waals surface area contributed by atoms with E-state index < -0.39 is 0 Å². The van der Waals surface area contributed by atoms with E-state index in [-0.39, 0.29) is 0 Å². The van der Waals surface area contributed by atoms with Gasteiger partial charge in [0.25, 0.3) is 0 Å². The van der Waals surface area contributed by atoms with Gasteiger partial charge in [-0.3, -0.25) is 0 Å². The molecule has 0 fully saturated rings. The molecule has 3 nitrogen and oxygen atoms in total. The Morgan fingerprint density at radius 1 is 1.89 bits per heavy atom. The first-order valence-corrected chi connectivity index (χ1v) is 3.28. The van der Waals surface area contributed by atoms with Crippen LogP contribution in [-0.4, -0.2) is 11.1 Å². The van der Waals surface area contributed by atoms with Gasteiger partial charge in [-0.25, -0.2) is 9.78 Å². The Labute approximate surface area is 56.1 Å². The molecule has 0 bridgehead atoms. The van der Waals surface area contributed by atoms with Gasteiger partial charge in [-0.15, -0.1) is 11.3 Å². The fourth-order valence-corrected chi connectivity index (χ4v) is 0.978. The SMILES string of the molecule is O=C=NCc1cscn1. The first kappa shape index (κ1) is 6.13. The van der Waals surface area contributed by atoms with Crippen LogP contribution >= 0.6 is 11.3 Å². The number of thiazole rings is 1. The Bertz CT molecular complexity index is 213. The van der Waals surface area contributed by atoms with Gasteiger partial charge in [-0.05, 0) is 0 Å². The molecular formula is C5H4N2OS. The average molecular weight is 140 g/mol. The first-order valence-electron chi connectivity index (χ1n) is 2.34. The molecule has 0 aliphatic carbocycles. The van der Waals surface area contributed by atoms with Crippen LogP contribution in [0.25, 0.3) is 0 Å². The monoisotopic (exact) mass is 140 g/mol. The molecule has 1 heterocycles. The molecule has 0 aliphatic rings. The lowest BCUT2D eigenvalue weighted by Crippen LogP contribution is -1.77. The van der Waals surface area contributed by atoms with Crippen molar-refractivity contribution in [3.05, 3.63) is 16.6 Å². The van der Waals surface area contributed by atoms with E-state index in [1.54, 1.807) is 5.51 Å². The number of carbonyl (C=O) groups excluding carboxylic acids is 1. The zero-order valence-corrected chi connectivity index (χ0v) is 5.39. The Balaban J connectivity index is 2.57. The van der Waals surface area contributed by atoms with Crippen LogP contribution in [0.4, 0.5) is 0 Å². The summed E-state index contributed by atoms with van der Waals surface area (Å²) >= 11 is 1.49. The highest BCUT2D eigenvalue weighted by Gasteiger charge is 1.88. The van der Waals surface area contributed by atoms with Crippen molar-refractivity contribution in [1.82, 2.24) is 4.98 Å². The first-order chi connectivity index (χ1) is 4.43. The van der Waals surface area contributed by atoms with Gasteiger partial charge in [-0.1, -0.05) is 0 Å². The standard InChI is InChI=1S/C5H4N2OS/c8-3-6-1-5-2-9-4-7-5/h2,4H,1H2. The molecule has 1 aromatic rings. The summed E-state index contributed by atoms with van der Waals surface area (Å²) in [5.74, 6) is 0. The predicted molar refractivity (Wildman–Crippen MR) is 33.9 cm³/mol. The van der Waals surface area contributed by atoms with Gasteiger partial charge in [0.2, 0.25) is 6.08 Å². The number of hydrogen-bond donors (Lipinski definition) is 0. The average Bonchev–Trinajstić information content (AvgIpc) is 2.34. The molecule has 0 aromatic carbocycles. The molecule has 0 aliphatic heterocycles. The fourth-order valence-electron chi connectivity index (χ4n) is 0.429. The van der Waals surface area contributed by atoms with Crippen molar-refractivity contribution in [2.45, 2.75) is 6.54 Å². The second-order valence-corrected chi connectivity index (χ2v) is 2.11. The Kier molecular flexibility index (Phi) is 2.13. The summed E-state index contributed by atoms with van der Waals surface area (Å²) in [6, 6.07) is 0. The lowest BCUT2D eigenvalue weighted by molar-refractivity contribution is 0.562. The molecule has 0 saturated heterocycles. The van der Waals surface area contributed by atoms with Gasteiger partial charge in [0.1, 0.15) is 0 Å². The fraction of sp³-hybridized carbons (Fsp3) is 0.200. The lowest BCUT2D eigenvalue weighted by atomic mass is 10.5. The van der Waals surface area contributed by atoms with Gasteiger partial charge in [0.05, 0.1) is 17.7 Å². The molecule has 1 rings (SSSR count). The summed E-state index contributed by atoms with van der Waals surface area (Å²) in [6.07, 6.45) is 1.45. The van der Waals surface area contributed by atoms with Crippen molar-refractivity contribution in [3.8, 4) is 0 Å². The zero-order valence-electron chi connectivity index (χ0n) is 4.57. The van der Waals surface area contributed by atoms with E-state index in [1.807, 2.05) is 5.38 Å². The Hall–Kier alpha value is -0.990. The quantitative estimate of drug-likeness (QED) is 0.454. The third kappa shape index (κ3) is 1.76. The summed E-state index contributed by atoms with van der Waals surface area (Å²) in [7, 11) is 0. The molecule has 0 amide bonds. The van der Waals surface area contributed by atoms with Crippen LogP contribution < -0.4 is 0 Å². The Morgan fingerprint density at radius 2 is 2.78 bits per heavy atom. The van der Waals surface area contributed by atoms with Crippen LogP contribution in [0.3, 0.4) is 0 Å². The maximum absolute atomic E-state index is 9.58. The summed E-state index contributed by atoms with van der Waals surface area (Å²) in [4.78, 5) is 16.8. The topological polar surface area (TPSA) is 42.3 Å². The molecular weight excluding hydrogens is 136 g/mol. The van der Waals surface area contributed by atoms with E-state index in [0.717, 1.165) is 5.69 Å². The number of aromatic nitrogens is 1. The maximum atomic E-state index is 9.58. The van der Waals surface area contributed by atoms with Gasteiger partial charge in [0, 0.05) is 5.38 Å². The predicted octanol–water partition coefficient (Wildman–Crippen LogP) is 0.979. The van der Waals surface area contributed by atoms with Crippen molar-refractivity contribution in [2.24, 2.45) is 4.99 Å². The van der Waals surface area contributed by atoms with Crippen LogP contribution in [0.5, 0.6) is 0 Å². The van der Waals surface area contributed by atoms with Crippen molar-refractivity contribution in [1.29, 1.82) is 0 Å². The minimum atomic E-state index is 0.354. The number of rotatable bonds is 2. The molecule has 1 aromatic heterocycles. The number of aliphatic imine (C=N–C) groups is 1. The largest absolute Gasteiger partial charge is 0.248 e. The minimum absolute atomic E-state index is 0.354. The maximum Gasteiger partial charge on any atom is 0.235 e. The molecule has 0 spiro atoms. The molecule has 4 heteroatoms. The second kappa shape index (κ2) is 3.12. The van der Waals surface area contributed by atoms with Gasteiger partial charge < -0.3 is 0 Å². The third-order valence-corrected chi connectivity index (χ3v) is 1.42. The number of isocyanates is 1. The molecule has 0 radical (unpaired) electrons. The number of nitrogens with zero attached hydrogens (tertiary/aromatic N) is 2. The van der Waals surface area contributed by atoms with E-state index in [9.17, 15) is 4.79 Å². The van der Waals surface area contributed by atoms with Crippen molar-refractivity contribution in [3.63, 3.8) is 0 Å². The highest BCUT2D eigenvalue weighted by atomic mass is 32.1. The lowest BCUT2D eigenvalue weighted by Gasteiger charge is -1.78. The van der Waals surface area contributed by atoms with Gasteiger partial charge in [-0.2, -0.15) is 4.99 Å². The molecule has 0 atom stereocenters. The summed E-state index contributed by atoms with van der Waals surface area (Å²) in [5.41, 5.74) is 2.53. The second-order valence-electron chi connectivity index (χ2n) is 1.39. The smallest absolute Gasteiger partial charge is 0.235 e. The number of hydrogen-bond acceptors (Lipinski definition) is 4. The normalized spacial score (nSPS) is 8.44. The molecule has 46 valence electrons. The van der Waals surface area contributed by atoms with Crippen molar-refractivity contribution >= 4 is 17.4 Å². The highest BCUT2D eigenvalue weighted by Crippen LogP contribution is 2.00. The summed E-state index contributed by atoms with van der Waals surface area (Å²) < 4.78 is 0. The van der Waals surface area contributed by atoms with Gasteiger partial charge >= 0.3 is 0 Å². The van der Waals surface area contributed by atoms with Crippen LogP contribution in [0.1, 0.15) is 5.69 Å². The van der Waals surface area contributed by atoms with E-state index in [4.69, 9.17) is 0 Å². The van der Waals surface area contributed by atoms with Crippen LogP contribution in [0, 0.1) is 0 Å². The van der Waals surface area contributed by atoms with E-state index in [0.29, 0.717) is 6.54 Å². The van der Waals surface area contributed by atoms with E-state index in [1.165, 1.54) is 17.4 Å². The molecule has 0 N–H and O–H groups in total. The van der Waals surface area contributed by atoms with E-state index >= 15 is 0 Å². The van der Waals surface area contributed by atoms with Crippen LogP contribution in [0.2, 0.25) is 0 Å². The van der Waals surface area contributed by atoms with Gasteiger partial charge in [0.15, 0.2) is 0 Å². The third-order valence-electron chi connectivity index (χ3n) is 0.789. The molecule has 0 unspecified atom stereocenters. The minimum Gasteiger partial charge on any atom is -0.248 e. The Morgan fingerprint density at radius 3 is 3.33 bits per heavy atom. The van der Waals surface area contributed by atoms with E-state index in [2.05, 4.69) is 9.98 Å². The van der Waals surface area contributed by atoms with Crippen molar-refractivity contribution < 1.29 is 4.79 Å². The highest BCUT2D eigenvalue weighted by molar-refractivity contribution is 7.07. The molecule has 9 heavy (non-hydrogen) atoms. The summed E-state index contributed by atoms with van der Waals surface area (Å²) in [6.45, 7) is 0.354. The van der Waals surface area contributed by atoms with Crippen LogP contribution in [0.15, 0.2) is 15.9 Å². The zero-order chi connectivity index (χ0) is 6.53. The summed E-state index contributed by atoms with van der Waals surface area (Å²) in [5, 5.41) is 1.85. The molecule has 0 saturated carbocycles. The van der Waals surface area contributed by atoms with Crippen molar-refractivity contribution in [2.75, 3.05) is 0 Å².